The number of nitrogens with zero attached hydrogens (tertiary/aromatic N) is 1. The number of rotatable bonds is 35. The van der Waals surface area contributed by atoms with Crippen LogP contribution in [0.15, 0.2) is 36.4 Å². The van der Waals surface area contributed by atoms with Gasteiger partial charge in [0, 0.05) is 61.9 Å². The summed E-state index contributed by atoms with van der Waals surface area (Å²) in [5, 5.41) is 8.10. The highest BCUT2D eigenvalue weighted by Crippen LogP contribution is 2.21. The number of Topliss-reactive ketones (excluding diaryl/α,β-unsaturated/α-hetero) is 3. The largest absolute Gasteiger partial charge is 0.461 e. The monoisotopic (exact) mass is 901 g/mol. The van der Waals surface area contributed by atoms with Gasteiger partial charge >= 0.3 is 12.0 Å². The molecule has 0 aliphatic carbocycles. The molecule has 2 rings (SSSR count). The van der Waals surface area contributed by atoms with Crippen LogP contribution in [0.2, 0.25) is 0 Å². The fourth-order valence-electron chi connectivity index (χ4n) is 6.23. The predicted molar refractivity (Wildman–Crippen MR) is 233 cm³/mol. The number of carbonyl (C=O) groups excluding carboxylic acids is 9. The summed E-state index contributed by atoms with van der Waals surface area (Å²) in [6.07, 6.45) is 2.76. The quantitative estimate of drug-likeness (QED) is 0.0434. The topological polar surface area (TPSA) is 265 Å². The van der Waals surface area contributed by atoms with Gasteiger partial charge in [-0.2, -0.15) is 0 Å². The molecular weight excluding hydrogens is 835 g/mol. The Labute approximate surface area is 375 Å². The standard InChI is InChI=1S/C45H67N5O14/c1-30(2)41(38(53)28-34(7-6-17-47-45(46)59)42(56)48-36-12-9-33(10-13-36)29-64-44(58)31(3)4)49-43(57)35(11-8-32(5)51)27-37(52)16-19-60-21-23-62-25-26-63-24-22-61-20-18-50-39(54)14-15-40(50)55/h9-10,12-15,30-31,34-35,41H,6-8,11,16-29H2,1-5H3,(H,48,56)(H,49,57)(H3,46,47,59)/t34-,35+,41+/m1/s1. The number of carbonyl (C=O) groups is 9. The van der Waals surface area contributed by atoms with Crippen molar-refractivity contribution in [3.63, 3.8) is 0 Å². The lowest BCUT2D eigenvalue weighted by Gasteiger charge is -2.26. The summed E-state index contributed by atoms with van der Waals surface area (Å²) in [5.41, 5.74) is 6.36. The minimum atomic E-state index is -1.000. The molecule has 0 fully saturated rings. The number of hydrogen-bond acceptors (Lipinski definition) is 14. The van der Waals surface area contributed by atoms with Crippen LogP contribution < -0.4 is 21.7 Å². The van der Waals surface area contributed by atoms with Gasteiger partial charge in [0.05, 0.1) is 71.4 Å². The van der Waals surface area contributed by atoms with E-state index in [1.807, 2.05) is 0 Å². The summed E-state index contributed by atoms with van der Waals surface area (Å²) < 4.78 is 27.1. The Morgan fingerprint density at radius 2 is 1.27 bits per heavy atom. The maximum Gasteiger partial charge on any atom is 0.312 e. The third kappa shape index (κ3) is 22.8. The number of ketones is 3. The summed E-state index contributed by atoms with van der Waals surface area (Å²) in [4.78, 5) is 113. The van der Waals surface area contributed by atoms with Crippen LogP contribution in [0, 0.1) is 23.7 Å². The van der Waals surface area contributed by atoms with Crippen molar-refractivity contribution in [2.75, 3.05) is 71.3 Å². The summed E-state index contributed by atoms with van der Waals surface area (Å²) in [5.74, 6) is -5.25. The SMILES string of the molecule is CC(=O)CC[C@@H](CC(=O)CCOCCOCCOCCOCCN1C(=O)C=CC1=O)C(=O)N[C@H](C(=O)C[C@@H](CCCNC(N)=O)C(=O)Nc1ccc(COC(=O)C(C)C)cc1)C(C)C. The number of ether oxygens (including phenoxy) is 5. The molecule has 64 heavy (non-hydrogen) atoms. The van der Waals surface area contributed by atoms with Crippen LogP contribution >= 0.6 is 0 Å². The van der Waals surface area contributed by atoms with Crippen molar-refractivity contribution in [3.05, 3.63) is 42.0 Å². The zero-order valence-corrected chi connectivity index (χ0v) is 37.8. The second-order valence-electron chi connectivity index (χ2n) is 16.0. The lowest BCUT2D eigenvalue weighted by atomic mass is 9.88. The molecule has 0 aromatic heterocycles. The number of esters is 1. The first kappa shape index (κ1) is 54.8. The van der Waals surface area contributed by atoms with E-state index < -0.39 is 41.5 Å². The van der Waals surface area contributed by atoms with Crippen LogP contribution in [0.5, 0.6) is 0 Å². The van der Waals surface area contributed by atoms with Crippen LogP contribution in [0.1, 0.15) is 85.1 Å². The Morgan fingerprint density at radius 1 is 0.703 bits per heavy atom. The first-order valence-electron chi connectivity index (χ1n) is 21.8. The number of anilines is 1. The first-order valence-corrected chi connectivity index (χ1v) is 21.8. The molecule has 0 saturated heterocycles. The highest BCUT2D eigenvalue weighted by molar-refractivity contribution is 6.12. The molecule has 1 aromatic rings. The molecule has 356 valence electrons. The van der Waals surface area contributed by atoms with E-state index >= 15 is 0 Å². The number of nitrogens with two attached hydrogens (primary N) is 1. The summed E-state index contributed by atoms with van der Waals surface area (Å²) in [7, 11) is 0. The molecule has 19 nitrogen and oxygen atoms in total. The smallest absolute Gasteiger partial charge is 0.312 e. The van der Waals surface area contributed by atoms with E-state index in [-0.39, 0.29) is 132 Å². The molecule has 1 aromatic carbocycles. The van der Waals surface area contributed by atoms with Gasteiger partial charge in [0.2, 0.25) is 11.8 Å². The normalized spacial score (nSPS) is 13.8. The molecule has 6 amide bonds. The van der Waals surface area contributed by atoms with E-state index in [1.165, 1.54) is 19.1 Å². The highest BCUT2D eigenvalue weighted by Gasteiger charge is 2.32. The lowest BCUT2D eigenvalue weighted by Crippen LogP contribution is -2.48. The molecule has 0 bridgehead atoms. The van der Waals surface area contributed by atoms with E-state index in [4.69, 9.17) is 29.4 Å². The Kier molecular flexibility index (Phi) is 26.2. The second kappa shape index (κ2) is 30.7. The van der Waals surface area contributed by atoms with Gasteiger partial charge in [-0.25, -0.2) is 4.79 Å². The van der Waals surface area contributed by atoms with Gasteiger partial charge < -0.3 is 50.2 Å². The zero-order chi connectivity index (χ0) is 47.4. The molecule has 0 unspecified atom stereocenters. The summed E-state index contributed by atoms with van der Waals surface area (Å²) >= 11 is 0. The van der Waals surface area contributed by atoms with E-state index in [2.05, 4.69) is 16.0 Å². The van der Waals surface area contributed by atoms with Crippen LogP contribution in [-0.2, 0) is 68.6 Å². The molecule has 1 heterocycles. The number of urea groups is 1. The van der Waals surface area contributed by atoms with E-state index in [9.17, 15) is 43.2 Å². The van der Waals surface area contributed by atoms with Crippen LogP contribution in [0.3, 0.4) is 0 Å². The van der Waals surface area contributed by atoms with E-state index in [0.717, 1.165) is 10.5 Å². The summed E-state index contributed by atoms with van der Waals surface area (Å²) in [6, 6.07) is 4.99. The number of benzene rings is 1. The van der Waals surface area contributed by atoms with Crippen molar-refractivity contribution in [3.8, 4) is 0 Å². The minimum absolute atomic E-state index is 0.0197. The van der Waals surface area contributed by atoms with Gasteiger partial charge in [0.15, 0.2) is 5.78 Å². The molecule has 1 aliphatic heterocycles. The van der Waals surface area contributed by atoms with Crippen molar-refractivity contribution in [2.45, 2.75) is 92.2 Å². The van der Waals surface area contributed by atoms with Crippen molar-refractivity contribution in [1.29, 1.82) is 0 Å². The summed E-state index contributed by atoms with van der Waals surface area (Å²) in [6.45, 7) is 10.8. The molecule has 0 radical (unpaired) electrons. The molecular formula is C45H67N5O14. The van der Waals surface area contributed by atoms with Crippen LogP contribution in [0.4, 0.5) is 10.5 Å². The number of amides is 6. The van der Waals surface area contributed by atoms with Gasteiger partial charge in [-0.1, -0.05) is 39.8 Å². The molecule has 0 spiro atoms. The number of nitrogens with one attached hydrogen (secondary N) is 3. The second-order valence-corrected chi connectivity index (χ2v) is 16.0. The third-order valence-corrected chi connectivity index (χ3v) is 9.92. The average Bonchev–Trinajstić information content (AvgIpc) is 3.56. The van der Waals surface area contributed by atoms with Crippen LogP contribution in [-0.4, -0.2) is 130 Å². The molecule has 5 N–H and O–H groups in total. The van der Waals surface area contributed by atoms with Gasteiger partial charge in [0.1, 0.15) is 18.2 Å². The maximum atomic E-state index is 13.9. The average molecular weight is 902 g/mol. The Balaban J connectivity index is 1.85. The van der Waals surface area contributed by atoms with Gasteiger partial charge in [-0.05, 0) is 49.8 Å². The maximum absolute atomic E-state index is 13.9. The van der Waals surface area contributed by atoms with Crippen molar-refractivity contribution in [1.82, 2.24) is 15.5 Å². The van der Waals surface area contributed by atoms with Crippen molar-refractivity contribution in [2.24, 2.45) is 29.4 Å². The zero-order valence-electron chi connectivity index (χ0n) is 37.8. The number of imide groups is 1. The fraction of sp³-hybridized carbons (Fsp3) is 0.622. The number of hydrogen-bond donors (Lipinski definition) is 4. The van der Waals surface area contributed by atoms with Gasteiger partial charge in [-0.15, -0.1) is 0 Å². The van der Waals surface area contributed by atoms with Crippen molar-refractivity contribution >= 4 is 58.7 Å². The highest BCUT2D eigenvalue weighted by atomic mass is 16.6. The molecule has 1 aliphatic rings. The fourth-order valence-corrected chi connectivity index (χ4v) is 6.23. The molecule has 0 saturated carbocycles. The Hall–Kier alpha value is -5.37. The third-order valence-electron chi connectivity index (χ3n) is 9.92. The molecule has 3 atom stereocenters. The predicted octanol–water partition coefficient (Wildman–Crippen LogP) is 2.82. The Bertz CT molecular complexity index is 1710. The van der Waals surface area contributed by atoms with Crippen molar-refractivity contribution < 1.29 is 66.8 Å². The van der Waals surface area contributed by atoms with Gasteiger partial charge in [0.25, 0.3) is 11.8 Å². The lowest BCUT2D eigenvalue weighted by molar-refractivity contribution is -0.148. The Morgan fingerprint density at radius 3 is 1.81 bits per heavy atom. The van der Waals surface area contributed by atoms with Crippen LogP contribution in [0.25, 0.3) is 0 Å². The first-order chi connectivity index (χ1) is 30.5. The number of primary amides is 1. The molecule has 19 heteroatoms. The van der Waals surface area contributed by atoms with Gasteiger partial charge in [-0.3, -0.25) is 38.5 Å². The van der Waals surface area contributed by atoms with E-state index in [1.54, 1.807) is 52.0 Å². The van der Waals surface area contributed by atoms with E-state index in [0.29, 0.717) is 31.9 Å². The minimum Gasteiger partial charge on any atom is -0.461 e.